The van der Waals surface area contributed by atoms with Gasteiger partial charge in [0.15, 0.2) is 17.5 Å². The van der Waals surface area contributed by atoms with Gasteiger partial charge in [-0.2, -0.15) is 0 Å². The molecule has 0 amide bonds. The van der Waals surface area contributed by atoms with Crippen molar-refractivity contribution < 1.29 is 27.4 Å². The summed E-state index contributed by atoms with van der Waals surface area (Å²) in [5.74, 6) is 1.05. The molecule has 0 bridgehead atoms. The lowest BCUT2D eigenvalue weighted by Gasteiger charge is -2.24. The average Bonchev–Trinajstić information content (AvgIpc) is 2.68. The van der Waals surface area contributed by atoms with Crippen LogP contribution in [0, 0.1) is 0 Å². The van der Waals surface area contributed by atoms with Crippen LogP contribution in [0.5, 0.6) is 17.2 Å². The number of nitrogens with two attached hydrogens (primary N) is 1. The van der Waals surface area contributed by atoms with E-state index in [0.717, 1.165) is 5.56 Å². The maximum Gasteiger partial charge on any atom is 0.573 e. The topological polar surface area (TPSA) is 81.3 Å². The molecule has 0 aliphatic rings. The lowest BCUT2D eigenvalue weighted by atomic mass is 10.1. The summed E-state index contributed by atoms with van der Waals surface area (Å²) in [7, 11) is 6.97. The van der Waals surface area contributed by atoms with E-state index in [9.17, 15) is 13.2 Å². The molecular weight excluding hydrogens is 528 g/mol. The third kappa shape index (κ3) is 8.32. The van der Waals surface area contributed by atoms with Crippen LogP contribution < -0.4 is 25.3 Å². The summed E-state index contributed by atoms with van der Waals surface area (Å²) in [6.07, 6.45) is -4.74. The number of hydrogen-bond donors (Lipinski definition) is 2. The number of ether oxygens (including phenoxy) is 3. The zero-order valence-corrected chi connectivity index (χ0v) is 19.9. The van der Waals surface area contributed by atoms with Crippen LogP contribution in [-0.2, 0) is 0 Å². The quantitative estimate of drug-likeness (QED) is 0.289. The molecule has 0 spiro atoms. The largest absolute Gasteiger partial charge is 0.573 e. The number of guanidine groups is 1. The van der Waals surface area contributed by atoms with Gasteiger partial charge in [0, 0.05) is 5.69 Å². The second-order valence-electron chi connectivity index (χ2n) is 6.52. The van der Waals surface area contributed by atoms with Gasteiger partial charge in [-0.25, -0.2) is 0 Å². The van der Waals surface area contributed by atoms with E-state index in [2.05, 4.69) is 15.0 Å². The average molecular weight is 554 g/mol. The third-order valence-electron chi connectivity index (χ3n) is 4.21. The highest BCUT2D eigenvalue weighted by Gasteiger charge is 2.30. The van der Waals surface area contributed by atoms with Gasteiger partial charge in [-0.3, -0.25) is 4.99 Å². The van der Waals surface area contributed by atoms with Gasteiger partial charge < -0.3 is 30.2 Å². The Kier molecular flexibility index (Phi) is 10.2. The van der Waals surface area contributed by atoms with Crippen LogP contribution >= 0.6 is 24.0 Å². The van der Waals surface area contributed by atoms with Crippen LogP contribution in [0.4, 0.5) is 18.9 Å². The van der Waals surface area contributed by atoms with E-state index in [-0.39, 0.29) is 41.7 Å². The van der Waals surface area contributed by atoms with E-state index in [4.69, 9.17) is 15.2 Å². The fraction of sp³-hybridized carbons (Fsp3) is 0.350. The van der Waals surface area contributed by atoms with E-state index < -0.39 is 6.36 Å². The smallest absolute Gasteiger partial charge is 0.493 e. The van der Waals surface area contributed by atoms with Crippen LogP contribution in [0.3, 0.4) is 0 Å². The van der Waals surface area contributed by atoms with Gasteiger partial charge in [-0.15, -0.1) is 37.1 Å². The Morgan fingerprint density at radius 2 is 1.68 bits per heavy atom. The monoisotopic (exact) mass is 554 g/mol. The fourth-order valence-electron chi connectivity index (χ4n) is 2.74. The van der Waals surface area contributed by atoms with Crippen molar-refractivity contribution in [3.8, 4) is 17.2 Å². The summed E-state index contributed by atoms with van der Waals surface area (Å²) in [6.45, 7) is 0.344. The van der Waals surface area contributed by atoms with Crippen molar-refractivity contribution in [3.63, 3.8) is 0 Å². The normalized spacial score (nSPS) is 12.7. The highest BCUT2D eigenvalue weighted by Crippen LogP contribution is 2.31. The molecule has 2 aromatic carbocycles. The molecule has 31 heavy (non-hydrogen) atoms. The fourth-order valence-corrected chi connectivity index (χ4v) is 2.74. The predicted molar refractivity (Wildman–Crippen MR) is 125 cm³/mol. The molecule has 0 aliphatic heterocycles. The lowest BCUT2D eigenvalue weighted by Crippen LogP contribution is -2.27. The van der Waals surface area contributed by atoms with Crippen molar-refractivity contribution >= 4 is 35.6 Å². The molecule has 2 aromatic rings. The number of anilines is 1. The number of nitrogens with zero attached hydrogens (tertiary/aromatic N) is 2. The van der Waals surface area contributed by atoms with Crippen LogP contribution in [0.25, 0.3) is 0 Å². The molecule has 7 nitrogen and oxygen atoms in total. The zero-order chi connectivity index (χ0) is 22.3. The van der Waals surface area contributed by atoms with E-state index in [1.54, 1.807) is 14.2 Å². The van der Waals surface area contributed by atoms with Crippen molar-refractivity contribution in [2.45, 2.75) is 12.4 Å². The van der Waals surface area contributed by atoms with Gasteiger partial charge in [0.25, 0.3) is 0 Å². The Balaban J connectivity index is 0.00000480. The molecule has 0 aromatic heterocycles. The van der Waals surface area contributed by atoms with Crippen LogP contribution in [0.2, 0.25) is 0 Å². The molecule has 0 fully saturated rings. The molecule has 0 radical (unpaired) electrons. The highest BCUT2D eigenvalue weighted by atomic mass is 127. The Labute approximate surface area is 196 Å². The second-order valence-corrected chi connectivity index (χ2v) is 6.52. The molecular formula is C20H26F3IN4O3. The number of hydrogen-bond acceptors (Lipinski definition) is 5. The van der Waals surface area contributed by atoms with Gasteiger partial charge in [-0.1, -0.05) is 6.07 Å². The summed E-state index contributed by atoms with van der Waals surface area (Å²) in [5.41, 5.74) is 7.38. The van der Waals surface area contributed by atoms with Gasteiger partial charge in [0.05, 0.1) is 26.8 Å². The van der Waals surface area contributed by atoms with Crippen molar-refractivity contribution in [2.24, 2.45) is 10.7 Å². The summed E-state index contributed by atoms with van der Waals surface area (Å²) < 4.78 is 51.1. The summed E-state index contributed by atoms with van der Waals surface area (Å²) in [6, 6.07) is 10.7. The minimum Gasteiger partial charge on any atom is -0.493 e. The minimum atomic E-state index is -4.74. The summed E-state index contributed by atoms with van der Waals surface area (Å²) in [5, 5.41) is 2.85. The number of benzene rings is 2. The number of likely N-dealkylation sites (N-methyl/N-ethyl adjacent to an activating group) is 1. The number of aliphatic imine (C=N–C) groups is 1. The van der Waals surface area contributed by atoms with Crippen molar-refractivity contribution in [2.75, 3.05) is 40.2 Å². The Morgan fingerprint density at radius 3 is 2.19 bits per heavy atom. The number of halogens is 4. The van der Waals surface area contributed by atoms with E-state index in [1.165, 1.54) is 24.3 Å². The number of alkyl halides is 3. The van der Waals surface area contributed by atoms with Crippen molar-refractivity contribution in [1.82, 2.24) is 4.90 Å². The summed E-state index contributed by atoms with van der Waals surface area (Å²) >= 11 is 0. The molecule has 3 N–H and O–H groups in total. The first kappa shape index (κ1) is 26.6. The standard InChI is InChI=1S/C20H25F3N4O3.HI/c1-27(2)16(13-5-10-17(28-3)18(11-13)29-4)12-25-19(24)26-14-6-8-15(9-7-14)30-20(21,22)23;/h5-11,16H,12H2,1-4H3,(H3,24,25,26);1H. The number of nitrogens with one attached hydrogen (secondary N) is 1. The molecule has 11 heteroatoms. The first-order valence-corrected chi connectivity index (χ1v) is 8.94. The molecule has 2 rings (SSSR count). The Hall–Kier alpha value is -2.41. The van der Waals surface area contributed by atoms with Gasteiger partial charge in [-0.05, 0) is 56.1 Å². The number of methoxy groups -OCH3 is 2. The van der Waals surface area contributed by atoms with Crippen LogP contribution in [-0.4, -0.2) is 52.1 Å². The van der Waals surface area contributed by atoms with E-state index >= 15 is 0 Å². The van der Waals surface area contributed by atoms with Crippen molar-refractivity contribution in [1.29, 1.82) is 0 Å². The predicted octanol–water partition coefficient (Wildman–Crippen LogP) is 4.25. The first-order valence-electron chi connectivity index (χ1n) is 8.94. The highest BCUT2D eigenvalue weighted by molar-refractivity contribution is 14.0. The maximum atomic E-state index is 12.2. The maximum absolute atomic E-state index is 12.2. The van der Waals surface area contributed by atoms with Gasteiger partial charge >= 0.3 is 6.36 Å². The third-order valence-corrected chi connectivity index (χ3v) is 4.21. The lowest BCUT2D eigenvalue weighted by molar-refractivity contribution is -0.274. The SMILES string of the molecule is COc1ccc(C(CN=C(N)Nc2ccc(OC(F)(F)F)cc2)N(C)C)cc1OC.I. The Morgan fingerprint density at radius 1 is 1.06 bits per heavy atom. The second kappa shape index (κ2) is 11.8. The molecule has 172 valence electrons. The van der Waals surface area contributed by atoms with Gasteiger partial charge in [0.2, 0.25) is 0 Å². The summed E-state index contributed by atoms with van der Waals surface area (Å²) in [4.78, 5) is 6.34. The van der Waals surface area contributed by atoms with E-state index in [1.807, 2.05) is 37.2 Å². The minimum absolute atomic E-state index is 0. The van der Waals surface area contributed by atoms with Crippen LogP contribution in [0.1, 0.15) is 11.6 Å². The molecule has 0 saturated carbocycles. The van der Waals surface area contributed by atoms with Crippen LogP contribution in [0.15, 0.2) is 47.5 Å². The zero-order valence-electron chi connectivity index (χ0n) is 17.6. The molecule has 1 unspecified atom stereocenters. The van der Waals surface area contributed by atoms with Crippen molar-refractivity contribution in [3.05, 3.63) is 48.0 Å². The molecule has 0 aliphatic carbocycles. The Bertz CT molecular complexity index is 862. The first-order chi connectivity index (χ1) is 14.1. The number of rotatable bonds is 8. The van der Waals surface area contributed by atoms with Gasteiger partial charge in [0.1, 0.15) is 5.75 Å². The molecule has 0 saturated heterocycles. The molecule has 1 atom stereocenters. The molecule has 0 heterocycles. The van der Waals surface area contributed by atoms with E-state index in [0.29, 0.717) is 23.7 Å².